The van der Waals surface area contributed by atoms with E-state index >= 15 is 0 Å². The number of carbonyl (C=O) groups is 2. The standard InChI is InChI=1S/C10H18N2O3S2/c1-10(2)6-17-16-5-7(12-9(10)15)8(14)11-3-4-13/h7,13H,3-6H2,1-2H3,(H,11,14)(H,12,15). The van der Waals surface area contributed by atoms with Gasteiger partial charge >= 0.3 is 0 Å². The number of rotatable bonds is 3. The minimum atomic E-state index is -0.522. The first-order chi connectivity index (χ1) is 7.97. The number of amides is 2. The van der Waals surface area contributed by atoms with E-state index in [2.05, 4.69) is 10.6 Å². The van der Waals surface area contributed by atoms with Crippen LogP contribution in [0, 0.1) is 5.41 Å². The molecule has 1 rings (SSSR count). The third-order valence-corrected chi connectivity index (χ3v) is 5.12. The largest absolute Gasteiger partial charge is 0.395 e. The van der Waals surface area contributed by atoms with Crippen LogP contribution in [0.25, 0.3) is 0 Å². The number of carbonyl (C=O) groups excluding carboxylic acids is 2. The summed E-state index contributed by atoms with van der Waals surface area (Å²) < 4.78 is 0. The Balaban J connectivity index is 2.60. The molecule has 0 bridgehead atoms. The predicted molar refractivity (Wildman–Crippen MR) is 70.7 cm³/mol. The molecule has 1 aliphatic rings. The van der Waals surface area contributed by atoms with Gasteiger partial charge < -0.3 is 15.7 Å². The Kier molecular flexibility index (Phi) is 5.61. The lowest BCUT2D eigenvalue weighted by Gasteiger charge is -2.29. The van der Waals surface area contributed by atoms with Crippen molar-refractivity contribution in [3.8, 4) is 0 Å². The normalized spacial score (nSPS) is 24.4. The molecule has 2 amide bonds. The van der Waals surface area contributed by atoms with Crippen LogP contribution in [0.15, 0.2) is 0 Å². The van der Waals surface area contributed by atoms with E-state index in [0.717, 1.165) is 5.75 Å². The molecule has 0 radical (unpaired) electrons. The molecule has 0 aromatic heterocycles. The zero-order chi connectivity index (χ0) is 12.9. The minimum Gasteiger partial charge on any atom is -0.395 e. The van der Waals surface area contributed by atoms with Gasteiger partial charge in [0.05, 0.1) is 12.0 Å². The second-order valence-electron chi connectivity index (χ2n) is 4.47. The maximum Gasteiger partial charge on any atom is 0.243 e. The van der Waals surface area contributed by atoms with Crippen LogP contribution in [0.5, 0.6) is 0 Å². The van der Waals surface area contributed by atoms with Crippen LogP contribution in [0.3, 0.4) is 0 Å². The van der Waals surface area contributed by atoms with Crippen molar-refractivity contribution in [2.24, 2.45) is 5.41 Å². The van der Waals surface area contributed by atoms with Crippen LogP contribution in [0.2, 0.25) is 0 Å². The van der Waals surface area contributed by atoms with E-state index in [1.165, 1.54) is 0 Å². The molecule has 1 unspecified atom stereocenters. The molecule has 0 aromatic rings. The Morgan fingerprint density at radius 1 is 1.59 bits per heavy atom. The Hall–Kier alpha value is -0.400. The molecule has 1 fully saturated rings. The van der Waals surface area contributed by atoms with Crippen LogP contribution < -0.4 is 10.6 Å². The molecule has 5 nitrogen and oxygen atoms in total. The van der Waals surface area contributed by atoms with Gasteiger partial charge in [-0.1, -0.05) is 35.4 Å². The summed E-state index contributed by atoms with van der Waals surface area (Å²) in [6.07, 6.45) is 0. The zero-order valence-electron chi connectivity index (χ0n) is 9.99. The van der Waals surface area contributed by atoms with Crippen LogP contribution in [-0.4, -0.2) is 47.6 Å². The number of aliphatic hydroxyl groups is 1. The van der Waals surface area contributed by atoms with Crippen molar-refractivity contribution in [3.63, 3.8) is 0 Å². The minimum absolute atomic E-state index is 0.0974. The fourth-order valence-corrected chi connectivity index (χ4v) is 4.02. The molecule has 98 valence electrons. The summed E-state index contributed by atoms with van der Waals surface area (Å²) in [5.74, 6) is 0.936. The summed E-state index contributed by atoms with van der Waals surface area (Å²) in [6.45, 7) is 3.85. The number of hydrogen-bond acceptors (Lipinski definition) is 5. The van der Waals surface area contributed by atoms with Gasteiger partial charge in [0.1, 0.15) is 6.04 Å². The lowest BCUT2D eigenvalue weighted by Crippen LogP contribution is -2.53. The molecule has 0 spiro atoms. The fourth-order valence-electron chi connectivity index (χ4n) is 1.21. The second-order valence-corrected chi connectivity index (χ2v) is 6.98. The van der Waals surface area contributed by atoms with E-state index < -0.39 is 11.5 Å². The zero-order valence-corrected chi connectivity index (χ0v) is 11.6. The van der Waals surface area contributed by atoms with Gasteiger partial charge in [0.2, 0.25) is 11.8 Å². The van der Waals surface area contributed by atoms with E-state index in [0.29, 0.717) is 5.75 Å². The van der Waals surface area contributed by atoms with Gasteiger partial charge in [0.15, 0.2) is 0 Å². The Morgan fingerprint density at radius 2 is 2.29 bits per heavy atom. The van der Waals surface area contributed by atoms with Crippen molar-refractivity contribution in [1.29, 1.82) is 0 Å². The van der Waals surface area contributed by atoms with Crippen LogP contribution in [0.1, 0.15) is 13.8 Å². The van der Waals surface area contributed by atoms with Crippen molar-refractivity contribution in [3.05, 3.63) is 0 Å². The lowest BCUT2D eigenvalue weighted by molar-refractivity contribution is -0.132. The summed E-state index contributed by atoms with van der Waals surface area (Å²) >= 11 is 0. The third-order valence-electron chi connectivity index (χ3n) is 2.39. The number of nitrogens with one attached hydrogen (secondary N) is 2. The second kappa shape index (κ2) is 6.51. The van der Waals surface area contributed by atoms with Gasteiger partial charge in [0, 0.05) is 18.1 Å². The maximum atomic E-state index is 11.9. The molecule has 0 aromatic carbocycles. The van der Waals surface area contributed by atoms with E-state index in [4.69, 9.17) is 5.11 Å². The van der Waals surface area contributed by atoms with Gasteiger partial charge in [-0.25, -0.2) is 0 Å². The van der Waals surface area contributed by atoms with Gasteiger partial charge in [-0.15, -0.1) is 0 Å². The molecule has 17 heavy (non-hydrogen) atoms. The van der Waals surface area contributed by atoms with Crippen molar-refractivity contribution >= 4 is 33.4 Å². The number of aliphatic hydroxyl groups excluding tert-OH is 1. The van der Waals surface area contributed by atoms with E-state index in [-0.39, 0.29) is 25.0 Å². The quantitative estimate of drug-likeness (QED) is 0.633. The molecule has 3 N–H and O–H groups in total. The first-order valence-corrected chi connectivity index (χ1v) is 7.90. The summed E-state index contributed by atoms with van der Waals surface area (Å²) in [4.78, 5) is 23.6. The number of hydrogen-bond donors (Lipinski definition) is 3. The highest BCUT2D eigenvalue weighted by atomic mass is 33.1. The predicted octanol–water partition coefficient (Wildman–Crippen LogP) is 0.000900. The molecule has 0 aliphatic carbocycles. The summed E-state index contributed by atoms with van der Waals surface area (Å²) in [7, 11) is 3.19. The molecule has 0 saturated carbocycles. The summed E-state index contributed by atoms with van der Waals surface area (Å²) in [5, 5.41) is 14.0. The monoisotopic (exact) mass is 278 g/mol. The van der Waals surface area contributed by atoms with Crippen LogP contribution in [0.4, 0.5) is 0 Å². The molecule has 7 heteroatoms. The Morgan fingerprint density at radius 3 is 2.94 bits per heavy atom. The van der Waals surface area contributed by atoms with Crippen LogP contribution in [-0.2, 0) is 9.59 Å². The highest BCUT2D eigenvalue weighted by Crippen LogP contribution is 2.32. The Labute approximate surface area is 109 Å². The third kappa shape index (κ3) is 4.40. The lowest BCUT2D eigenvalue weighted by atomic mass is 9.95. The van der Waals surface area contributed by atoms with Crippen LogP contribution >= 0.6 is 21.6 Å². The van der Waals surface area contributed by atoms with E-state index in [1.54, 1.807) is 21.6 Å². The molecule has 1 aliphatic heterocycles. The van der Waals surface area contributed by atoms with Gasteiger partial charge in [-0.2, -0.15) is 0 Å². The molecular weight excluding hydrogens is 260 g/mol. The van der Waals surface area contributed by atoms with Crippen molar-refractivity contribution in [1.82, 2.24) is 10.6 Å². The van der Waals surface area contributed by atoms with Crippen molar-refractivity contribution in [2.75, 3.05) is 24.7 Å². The van der Waals surface area contributed by atoms with Gasteiger partial charge in [0.25, 0.3) is 0 Å². The average Bonchev–Trinajstić information content (AvgIpc) is 2.28. The highest BCUT2D eigenvalue weighted by molar-refractivity contribution is 8.76. The van der Waals surface area contributed by atoms with Gasteiger partial charge in [-0.05, 0) is 0 Å². The molecule has 1 atom stereocenters. The fraction of sp³-hybridized carbons (Fsp3) is 0.800. The topological polar surface area (TPSA) is 78.4 Å². The first-order valence-electron chi connectivity index (χ1n) is 5.41. The molecular formula is C10H18N2O3S2. The summed E-state index contributed by atoms with van der Waals surface area (Å²) in [6, 6.07) is -0.522. The average molecular weight is 278 g/mol. The molecule has 1 heterocycles. The molecule has 1 saturated heterocycles. The SMILES string of the molecule is CC1(C)CSSCC(C(=O)NCCO)NC1=O. The Bertz CT molecular complexity index is 297. The first kappa shape index (κ1) is 14.7. The maximum absolute atomic E-state index is 11.9. The summed E-state index contributed by atoms with van der Waals surface area (Å²) in [5.41, 5.74) is -0.465. The van der Waals surface area contributed by atoms with E-state index in [9.17, 15) is 9.59 Å². The van der Waals surface area contributed by atoms with Crippen molar-refractivity contribution in [2.45, 2.75) is 19.9 Å². The van der Waals surface area contributed by atoms with Gasteiger partial charge in [-0.3, -0.25) is 9.59 Å². The smallest absolute Gasteiger partial charge is 0.243 e. The highest BCUT2D eigenvalue weighted by Gasteiger charge is 2.33. The van der Waals surface area contributed by atoms with E-state index in [1.807, 2.05) is 13.8 Å². The van der Waals surface area contributed by atoms with Crippen molar-refractivity contribution < 1.29 is 14.7 Å².